The molecule has 0 bridgehead atoms. The van der Waals surface area contributed by atoms with Crippen molar-refractivity contribution >= 4 is 15.1 Å². The third-order valence-corrected chi connectivity index (χ3v) is 0.841. The molecule has 0 fully saturated rings. The standard InChI is InChI=1S/C4H12B2O2/c1-7-3-2-4-8-6-5/h6H,2-5H2,1H3. The summed E-state index contributed by atoms with van der Waals surface area (Å²) in [6, 6.07) is 0. The second-order valence-corrected chi connectivity index (χ2v) is 1.54. The van der Waals surface area contributed by atoms with Gasteiger partial charge in [-0.25, -0.2) is 0 Å². The molecule has 0 aliphatic rings. The topological polar surface area (TPSA) is 18.5 Å². The van der Waals surface area contributed by atoms with Crippen LogP contribution in [0, 0.1) is 0 Å². The third-order valence-electron chi connectivity index (χ3n) is 0.841. The summed E-state index contributed by atoms with van der Waals surface area (Å²) in [6.45, 7) is 1.63. The quantitative estimate of drug-likeness (QED) is 0.335. The molecular formula is C4H12B2O2. The van der Waals surface area contributed by atoms with Crippen LogP contribution in [0.25, 0.3) is 0 Å². The molecular weight excluding hydrogens is 102 g/mol. The highest BCUT2D eigenvalue weighted by molar-refractivity contribution is 6.85. The van der Waals surface area contributed by atoms with Gasteiger partial charge in [-0.05, 0) is 6.42 Å². The van der Waals surface area contributed by atoms with Crippen molar-refractivity contribution in [1.29, 1.82) is 0 Å². The molecule has 0 aliphatic heterocycles. The predicted molar refractivity (Wildman–Crippen MR) is 38.1 cm³/mol. The number of hydrogen-bond acceptors (Lipinski definition) is 2. The Kier molecular flexibility index (Phi) is 7.09. The summed E-state index contributed by atoms with van der Waals surface area (Å²) in [5.41, 5.74) is 0. The molecule has 0 aromatic heterocycles. The zero-order chi connectivity index (χ0) is 6.24. The second kappa shape index (κ2) is 7.05. The van der Waals surface area contributed by atoms with Gasteiger partial charge in [0.25, 0.3) is 0 Å². The van der Waals surface area contributed by atoms with Crippen molar-refractivity contribution in [3.63, 3.8) is 0 Å². The molecule has 0 aromatic carbocycles. The number of methoxy groups -OCH3 is 1. The van der Waals surface area contributed by atoms with Gasteiger partial charge in [0, 0.05) is 20.3 Å². The zero-order valence-corrected chi connectivity index (χ0v) is 5.64. The van der Waals surface area contributed by atoms with Gasteiger partial charge in [0.15, 0.2) is 0 Å². The van der Waals surface area contributed by atoms with Crippen molar-refractivity contribution in [1.82, 2.24) is 0 Å². The van der Waals surface area contributed by atoms with Crippen molar-refractivity contribution in [2.24, 2.45) is 0 Å². The molecule has 0 spiro atoms. The van der Waals surface area contributed by atoms with E-state index in [2.05, 4.69) is 0 Å². The Labute approximate surface area is 52.2 Å². The summed E-state index contributed by atoms with van der Waals surface area (Å²) in [7, 11) is 4.50. The lowest BCUT2D eigenvalue weighted by Crippen LogP contribution is -2.02. The van der Waals surface area contributed by atoms with Crippen LogP contribution in [0.15, 0.2) is 0 Å². The van der Waals surface area contributed by atoms with Crippen LogP contribution in [0.5, 0.6) is 0 Å². The SMILES string of the molecule is BBOCCCOC. The van der Waals surface area contributed by atoms with Gasteiger partial charge in [-0.15, -0.1) is 0 Å². The highest BCUT2D eigenvalue weighted by atomic mass is 16.5. The lowest BCUT2D eigenvalue weighted by Gasteiger charge is -1.97. The molecule has 0 N–H and O–H groups in total. The minimum absolute atomic E-state index is 0.806. The van der Waals surface area contributed by atoms with E-state index in [0.717, 1.165) is 27.0 Å². The first kappa shape index (κ1) is 8.05. The Morgan fingerprint density at radius 3 is 2.75 bits per heavy atom. The molecule has 2 nitrogen and oxygen atoms in total. The van der Waals surface area contributed by atoms with E-state index in [1.54, 1.807) is 7.11 Å². The Bertz CT molecular complexity index is 37.0. The van der Waals surface area contributed by atoms with Gasteiger partial charge in [-0.2, -0.15) is 0 Å². The fourth-order valence-electron chi connectivity index (χ4n) is 0.450. The van der Waals surface area contributed by atoms with E-state index in [9.17, 15) is 0 Å². The summed E-state index contributed by atoms with van der Waals surface area (Å²) >= 11 is 0. The number of hydrogen-bond donors (Lipinski definition) is 0. The molecule has 0 saturated heterocycles. The smallest absolute Gasteiger partial charge is 0.230 e. The maximum Gasteiger partial charge on any atom is 0.230 e. The maximum atomic E-state index is 5.06. The van der Waals surface area contributed by atoms with Crippen LogP contribution in [-0.2, 0) is 9.39 Å². The number of ether oxygens (including phenoxy) is 1. The Morgan fingerprint density at radius 1 is 1.50 bits per heavy atom. The second-order valence-electron chi connectivity index (χ2n) is 1.54. The van der Waals surface area contributed by atoms with Crippen LogP contribution in [0.1, 0.15) is 6.42 Å². The molecule has 0 unspecified atom stereocenters. The largest absolute Gasteiger partial charge is 0.449 e. The van der Waals surface area contributed by atoms with Crippen LogP contribution in [0.3, 0.4) is 0 Å². The van der Waals surface area contributed by atoms with E-state index in [4.69, 9.17) is 9.39 Å². The molecule has 0 heterocycles. The number of rotatable bonds is 5. The molecule has 0 aliphatic carbocycles. The van der Waals surface area contributed by atoms with Gasteiger partial charge in [-0.1, -0.05) is 0 Å². The first-order valence-corrected chi connectivity index (χ1v) is 2.98. The lowest BCUT2D eigenvalue weighted by molar-refractivity contribution is 0.175. The first-order chi connectivity index (χ1) is 3.91. The average molecular weight is 114 g/mol. The molecule has 0 aromatic rings. The van der Waals surface area contributed by atoms with Crippen LogP contribution in [0.2, 0.25) is 0 Å². The molecule has 0 saturated carbocycles. The summed E-state index contributed by atoms with van der Waals surface area (Å²) in [6.07, 6.45) is 1.00. The minimum Gasteiger partial charge on any atom is -0.449 e. The van der Waals surface area contributed by atoms with E-state index in [1.165, 1.54) is 0 Å². The van der Waals surface area contributed by atoms with E-state index >= 15 is 0 Å². The minimum atomic E-state index is 0.806. The third kappa shape index (κ3) is 6.05. The summed E-state index contributed by atoms with van der Waals surface area (Å²) in [5.74, 6) is 0. The fraction of sp³-hybridized carbons (Fsp3) is 1.00. The van der Waals surface area contributed by atoms with Crippen molar-refractivity contribution < 1.29 is 9.39 Å². The average Bonchev–Trinajstić information content (AvgIpc) is 1.81. The van der Waals surface area contributed by atoms with E-state index in [-0.39, 0.29) is 0 Å². The van der Waals surface area contributed by atoms with Crippen LogP contribution < -0.4 is 0 Å². The van der Waals surface area contributed by atoms with E-state index < -0.39 is 0 Å². The van der Waals surface area contributed by atoms with E-state index in [1.807, 2.05) is 7.74 Å². The van der Waals surface area contributed by atoms with Gasteiger partial charge in [-0.3, -0.25) is 0 Å². The fourth-order valence-corrected chi connectivity index (χ4v) is 0.450. The van der Waals surface area contributed by atoms with Crippen LogP contribution in [-0.4, -0.2) is 35.4 Å². The monoisotopic (exact) mass is 114 g/mol. The van der Waals surface area contributed by atoms with Gasteiger partial charge >= 0.3 is 0 Å². The Morgan fingerprint density at radius 2 is 2.25 bits per heavy atom. The molecule has 4 heteroatoms. The molecule has 0 rings (SSSR count). The molecule has 0 amide bonds. The normalized spacial score (nSPS) is 9.12. The molecule has 0 radical (unpaired) electrons. The van der Waals surface area contributed by atoms with Crippen LogP contribution >= 0.6 is 0 Å². The maximum absolute atomic E-state index is 5.06. The van der Waals surface area contributed by atoms with Gasteiger partial charge < -0.3 is 9.39 Å². The summed E-state index contributed by atoms with van der Waals surface area (Å²) in [4.78, 5) is 0. The highest BCUT2D eigenvalue weighted by Gasteiger charge is 1.83. The Balaban J connectivity index is 2.53. The van der Waals surface area contributed by atoms with Crippen molar-refractivity contribution in [2.45, 2.75) is 6.42 Å². The zero-order valence-electron chi connectivity index (χ0n) is 5.64. The van der Waals surface area contributed by atoms with E-state index in [0.29, 0.717) is 0 Å². The summed E-state index contributed by atoms with van der Waals surface area (Å²) < 4.78 is 9.86. The summed E-state index contributed by atoms with van der Waals surface area (Å²) in [5, 5.41) is 0. The van der Waals surface area contributed by atoms with Crippen molar-refractivity contribution in [3.05, 3.63) is 0 Å². The highest BCUT2D eigenvalue weighted by Crippen LogP contribution is 1.79. The molecule has 0 atom stereocenters. The van der Waals surface area contributed by atoms with Gasteiger partial charge in [0.2, 0.25) is 7.37 Å². The Hall–Kier alpha value is 0.0499. The first-order valence-electron chi connectivity index (χ1n) is 2.98. The van der Waals surface area contributed by atoms with Gasteiger partial charge in [0.1, 0.15) is 7.74 Å². The predicted octanol–water partition coefficient (Wildman–Crippen LogP) is -1.06. The van der Waals surface area contributed by atoms with Crippen molar-refractivity contribution in [2.75, 3.05) is 20.3 Å². The van der Waals surface area contributed by atoms with Crippen molar-refractivity contribution in [3.8, 4) is 0 Å². The lowest BCUT2D eigenvalue weighted by atomic mass is 9.72. The molecule has 46 valence electrons. The van der Waals surface area contributed by atoms with Gasteiger partial charge in [0.05, 0.1) is 0 Å². The van der Waals surface area contributed by atoms with Crippen LogP contribution in [0.4, 0.5) is 0 Å². The molecule has 8 heavy (non-hydrogen) atoms.